The van der Waals surface area contributed by atoms with Crippen molar-refractivity contribution >= 4 is 38.3 Å². The quantitative estimate of drug-likeness (QED) is 0.0809. The van der Waals surface area contributed by atoms with E-state index in [-0.39, 0.29) is 74.1 Å². The summed E-state index contributed by atoms with van der Waals surface area (Å²) < 4.78 is 51.2. The molecule has 2 unspecified atom stereocenters. The average molecular weight is 1490 g/mol. The van der Waals surface area contributed by atoms with Crippen molar-refractivity contribution in [2.75, 3.05) is 44.3 Å². The first kappa shape index (κ1) is 73.4. The number of fused-ring (bicyclic) bond motifs is 6. The third-order valence-electron chi connectivity index (χ3n) is 21.3. The summed E-state index contributed by atoms with van der Waals surface area (Å²) in [5, 5.41) is 49.3. The van der Waals surface area contributed by atoms with Crippen LogP contribution >= 0.6 is 22.9 Å². The smallest absolute Gasteiger partial charge is 0.258 e. The van der Waals surface area contributed by atoms with Gasteiger partial charge in [0.25, 0.3) is 6.43 Å². The number of anilines is 1. The van der Waals surface area contributed by atoms with E-state index in [9.17, 15) is 62.7 Å². The molecule has 2 atom stereocenters. The molecule has 2 fully saturated rings. The molecule has 107 heavy (non-hydrogen) atoms. The van der Waals surface area contributed by atoms with Gasteiger partial charge in [0.2, 0.25) is 27.1 Å². The van der Waals surface area contributed by atoms with Crippen molar-refractivity contribution in [2.45, 2.75) is 121 Å². The highest BCUT2D eigenvalue weighted by atomic mass is 35.5. The first-order chi connectivity index (χ1) is 51.7. The van der Waals surface area contributed by atoms with Crippen LogP contribution in [0.3, 0.4) is 0 Å². The number of halogens is 4. The maximum absolute atomic E-state index is 13.5. The minimum atomic E-state index is -2.52. The Morgan fingerprint density at radius 2 is 0.822 bits per heavy atom. The van der Waals surface area contributed by atoms with Crippen LogP contribution in [0.25, 0.3) is 10.2 Å². The minimum Gasteiger partial charge on any atom is -0.503 e. The number of benzene rings is 5. The lowest BCUT2D eigenvalue weighted by Crippen LogP contribution is -2.42. The Balaban J connectivity index is 0.000000112. The molecule has 11 heterocycles. The second-order valence-electron chi connectivity index (χ2n) is 27.9. The van der Waals surface area contributed by atoms with Crippen molar-refractivity contribution in [3.8, 4) is 28.7 Å². The van der Waals surface area contributed by atoms with Gasteiger partial charge < -0.3 is 53.3 Å². The number of nitrogens with zero attached hydrogens (tertiary/aromatic N) is 11. The second-order valence-corrected chi connectivity index (χ2v) is 29.3. The summed E-state index contributed by atoms with van der Waals surface area (Å²) in [6.45, 7) is 9.57. The van der Waals surface area contributed by atoms with Crippen LogP contribution in [-0.2, 0) is 76.5 Å². The fraction of sp³-hybridized carbons (Fsp3) is 0.309. The number of hydrogen-bond acceptors (Lipinski definition) is 17. The van der Waals surface area contributed by atoms with Crippen molar-refractivity contribution in [2.24, 2.45) is 0 Å². The number of pyridine rings is 5. The van der Waals surface area contributed by atoms with E-state index >= 15 is 0 Å². The third kappa shape index (κ3) is 16.0. The molecule has 11 aromatic rings. The fourth-order valence-corrected chi connectivity index (χ4v) is 16.6. The van der Waals surface area contributed by atoms with Gasteiger partial charge in [-0.05, 0) is 66.1 Å². The largest absolute Gasteiger partial charge is 0.503 e. The Morgan fingerprint density at radius 1 is 0.430 bits per heavy atom. The molecule has 21 nitrogen and oxygen atoms in total. The molecule has 5 aromatic carbocycles. The predicted octanol–water partition coefficient (Wildman–Crippen LogP) is 11.4. The van der Waals surface area contributed by atoms with Crippen molar-refractivity contribution in [3.63, 3.8) is 0 Å². The summed E-state index contributed by atoms with van der Waals surface area (Å²) in [7, 11) is 0. The van der Waals surface area contributed by atoms with Gasteiger partial charge in [-0.25, -0.2) is 18.2 Å². The SMILES string of the molecule is O=c1cc2n(cc1O)CCN(C(CF)c1ccccc1)C2.O=c1cc2n(cc1O)CCN(C(c1ccccc1)C(F)F)C2.O=c1cc2n(cc1O)CCN(C1(c3ccccc3)CC1)C2.O=c1cc2n(cc1O)CCN(C1(c3ccccc3Cl)CC1)C2.O=c1cc2n(cc1O)CCN(c1nc3ccccc3s1)C2. The molecule has 554 valence electrons. The summed E-state index contributed by atoms with van der Waals surface area (Å²) in [5.74, 6) is -1.07. The summed E-state index contributed by atoms with van der Waals surface area (Å²) in [6, 6.07) is 51.0. The number of hydrogen-bond donors (Lipinski definition) is 5. The van der Waals surface area contributed by atoms with E-state index in [4.69, 9.17) is 11.6 Å². The van der Waals surface area contributed by atoms with E-state index in [0.717, 1.165) is 103 Å². The molecule has 0 bridgehead atoms. The van der Waals surface area contributed by atoms with Crippen LogP contribution in [0, 0.1) is 0 Å². The molecule has 0 saturated heterocycles. The Morgan fingerprint density at radius 3 is 1.29 bits per heavy atom. The molecule has 5 N–H and O–H groups in total. The molecule has 6 aromatic heterocycles. The Kier molecular flexibility index (Phi) is 21.6. The molecule has 26 heteroatoms. The second kappa shape index (κ2) is 31.5. The number of aromatic hydroxyl groups is 5. The van der Waals surface area contributed by atoms with Gasteiger partial charge in [0.1, 0.15) is 6.67 Å². The van der Waals surface area contributed by atoms with Gasteiger partial charge in [-0.3, -0.25) is 43.6 Å². The van der Waals surface area contributed by atoms with Crippen molar-refractivity contribution in [1.82, 2.24) is 47.4 Å². The van der Waals surface area contributed by atoms with E-state index in [1.54, 1.807) is 75.7 Å². The first-order valence-electron chi connectivity index (χ1n) is 35.7. The van der Waals surface area contributed by atoms with Gasteiger partial charge in [-0.1, -0.05) is 144 Å². The van der Waals surface area contributed by atoms with Crippen LogP contribution in [0.2, 0.25) is 5.02 Å². The zero-order valence-corrected chi connectivity index (χ0v) is 60.1. The lowest BCUT2D eigenvalue weighted by molar-refractivity contribution is 0.0102. The lowest BCUT2D eigenvalue weighted by atomic mass is 10.0. The highest BCUT2D eigenvalue weighted by Gasteiger charge is 2.52. The van der Waals surface area contributed by atoms with Crippen molar-refractivity contribution in [3.05, 3.63) is 308 Å². The van der Waals surface area contributed by atoms with E-state index in [1.807, 2.05) is 96.0 Å². The van der Waals surface area contributed by atoms with E-state index in [1.165, 1.54) is 65.5 Å². The average Bonchev–Trinajstić information content (AvgIpc) is 1.58. The van der Waals surface area contributed by atoms with Gasteiger partial charge in [-0.2, -0.15) is 0 Å². The molecule has 0 amide bonds. The third-order valence-corrected chi connectivity index (χ3v) is 22.7. The van der Waals surface area contributed by atoms with Crippen LogP contribution < -0.4 is 32.0 Å². The maximum atomic E-state index is 13.5. The van der Waals surface area contributed by atoms with Crippen LogP contribution in [0.1, 0.15) is 88.5 Å². The molecule has 2 saturated carbocycles. The number of para-hydroxylation sites is 1. The van der Waals surface area contributed by atoms with E-state index in [0.29, 0.717) is 57.1 Å². The van der Waals surface area contributed by atoms with Gasteiger partial charge in [-0.15, -0.1) is 0 Å². The molecule has 5 aliphatic heterocycles. The van der Waals surface area contributed by atoms with Crippen LogP contribution in [0.5, 0.6) is 28.7 Å². The first-order valence-corrected chi connectivity index (χ1v) is 36.9. The molecule has 0 radical (unpaired) electrons. The van der Waals surface area contributed by atoms with E-state index < -0.39 is 24.6 Å². The Bertz CT molecular complexity index is 5310. The maximum Gasteiger partial charge on any atom is 0.258 e. The highest BCUT2D eigenvalue weighted by molar-refractivity contribution is 7.22. The normalized spacial score (nSPS) is 17.4. The summed E-state index contributed by atoms with van der Waals surface area (Å²) >= 11 is 8.06. The predicted molar refractivity (Wildman–Crippen MR) is 404 cm³/mol. The number of rotatable bonds is 11. The fourth-order valence-electron chi connectivity index (χ4n) is 15.3. The van der Waals surface area contributed by atoms with Gasteiger partial charge in [0.15, 0.2) is 33.9 Å². The number of thiazole rings is 1. The molecule has 18 rings (SSSR count). The van der Waals surface area contributed by atoms with Gasteiger partial charge in [0.05, 0.1) is 59.8 Å². The zero-order chi connectivity index (χ0) is 74.7. The zero-order valence-electron chi connectivity index (χ0n) is 58.5. The number of alkyl halides is 3. The van der Waals surface area contributed by atoms with Gasteiger partial charge >= 0.3 is 0 Å². The standard InChI is InChI=1S/C17H17ClN2O2.C17H18N2O2.C16H16F2N2O2.C16H17FN2O2.C15H13N3O2S/c18-14-4-2-1-3-13(14)17(5-6-17)20-8-7-19-11-16(22)15(21)9-12(19)10-20;20-15-10-14-11-19(9-8-18(14)12-16(15)21)17(6-7-17)13-4-2-1-3-5-13;17-16(18)15(11-4-2-1-3-5-11)20-7-6-19-10-14(22)13(21)8-12(19)9-20;17-9-14(12-4-2-1-3-5-12)19-7-6-18-11-16(21)15(20)8-13(18)10-19;19-12-7-10-8-18(6-5-17(10)9-13(12)20)15-16-11-3-1-2-4-14(11)21-15/h1-4,9,11,22H,5-8,10H2;1-5,10,12,21H,6-9,11H2;1-5,8,10,15-16,22H,6-7,9H2;1-5,8,11,14,21H,6-7,9-10H2;1-4,7,9,20H,5-6,8H2. The van der Waals surface area contributed by atoms with Crippen LogP contribution in [-0.4, -0.2) is 119 Å². The van der Waals surface area contributed by atoms with Crippen molar-refractivity contribution in [1.29, 1.82) is 0 Å². The molecular formula is C81H81ClF3N11O10S. The Hall–Kier alpha value is -10.5. The molecule has 0 spiro atoms. The number of aromatic nitrogens is 6. The van der Waals surface area contributed by atoms with E-state index in [2.05, 4.69) is 56.1 Å². The van der Waals surface area contributed by atoms with Crippen LogP contribution in [0.4, 0.5) is 18.3 Å². The van der Waals surface area contributed by atoms with Crippen LogP contribution in [0.15, 0.2) is 225 Å². The molecule has 2 aliphatic carbocycles. The lowest BCUT2D eigenvalue weighted by Gasteiger charge is -2.37. The Labute approximate surface area is 622 Å². The minimum absolute atomic E-state index is 0.0114. The summed E-state index contributed by atoms with van der Waals surface area (Å²) in [6.07, 6.45) is 9.50. The van der Waals surface area contributed by atoms with Crippen molar-refractivity contribution < 1.29 is 38.7 Å². The van der Waals surface area contributed by atoms with Gasteiger partial charge in [0, 0.05) is 167 Å². The summed E-state index contributed by atoms with van der Waals surface area (Å²) in [4.78, 5) is 73.4. The summed E-state index contributed by atoms with van der Waals surface area (Å²) in [5.41, 5.74) is 7.73. The monoisotopic (exact) mass is 1490 g/mol. The highest BCUT2D eigenvalue weighted by Crippen LogP contribution is 2.54. The molecular weight excluding hydrogens is 1410 g/mol. The topological polar surface area (TPSA) is 240 Å². The molecule has 7 aliphatic rings.